The summed E-state index contributed by atoms with van der Waals surface area (Å²) in [4.78, 5) is 9.97. The van der Waals surface area contributed by atoms with Crippen LogP contribution >= 0.6 is 0 Å². The van der Waals surface area contributed by atoms with Gasteiger partial charge in [-0.15, -0.1) is 0 Å². The number of benzene rings is 2. The summed E-state index contributed by atoms with van der Waals surface area (Å²) in [5.74, 6) is 0. The number of hydrogen-bond acceptors (Lipinski definition) is 1. The minimum Gasteiger partial charge on any atom is -0.358 e. The smallest absolute Gasteiger partial charge is 0.0458 e. The highest BCUT2D eigenvalue weighted by molar-refractivity contribution is 5.84. The molecule has 30 heavy (non-hydrogen) atoms. The summed E-state index contributed by atoms with van der Waals surface area (Å²) in [5.41, 5.74) is 6.93. The maximum absolute atomic E-state index is 3.75. The van der Waals surface area contributed by atoms with E-state index in [-0.39, 0.29) is 0 Å². The van der Waals surface area contributed by atoms with E-state index in [1.165, 1.54) is 91.4 Å². The summed E-state index contributed by atoms with van der Waals surface area (Å²) in [6, 6.07) is 19.7. The maximum Gasteiger partial charge on any atom is 0.0458 e. The number of para-hydroxylation sites is 2. The molecule has 5 rings (SSSR count). The summed E-state index contributed by atoms with van der Waals surface area (Å²) in [6.45, 7) is 3.76. The third-order valence-electron chi connectivity index (χ3n) is 6.74. The molecule has 2 aromatic carbocycles. The Hall–Kier alpha value is -2.52. The topological polar surface area (TPSA) is 34.8 Å². The number of piperidine rings is 1. The average molecular weight is 400 g/mol. The molecule has 3 nitrogen and oxygen atoms in total. The summed E-state index contributed by atoms with van der Waals surface area (Å²) >= 11 is 0. The summed E-state index contributed by atoms with van der Waals surface area (Å²) in [7, 11) is 0. The number of unbranched alkanes of at least 4 members (excludes halogenated alkanes) is 1. The lowest BCUT2D eigenvalue weighted by Crippen LogP contribution is -2.31. The molecule has 0 unspecified atom stereocenters. The molecule has 0 saturated carbocycles. The Kier molecular flexibility index (Phi) is 5.89. The number of fused-ring (bicyclic) bond motifs is 2. The van der Waals surface area contributed by atoms with E-state index < -0.39 is 0 Å². The highest BCUT2D eigenvalue weighted by Gasteiger charge is 2.14. The van der Waals surface area contributed by atoms with Crippen molar-refractivity contribution in [1.82, 2.24) is 14.9 Å². The molecule has 0 aliphatic carbocycles. The Labute approximate surface area is 179 Å². The standard InChI is InChI=1S/C27H33N3/c1-8-17-30(18-9-1)19-16-24-23-12-4-7-15-26(23)29-27(24)14-6-3-11-22-20-21-10-2-5-13-25(21)28-22/h2,4-5,7,10,12-13,15,20,28-29H,1,3,6,8-9,11,14,16-19H2. The molecule has 0 radical (unpaired) electrons. The van der Waals surface area contributed by atoms with E-state index in [1.54, 1.807) is 5.56 Å². The van der Waals surface area contributed by atoms with Gasteiger partial charge in [-0.1, -0.05) is 42.8 Å². The SMILES string of the molecule is c1ccc2[nH]c(CCCCc3[nH]c4ccccc4c3CCN3CCCCC3)cc2c1. The molecular weight excluding hydrogens is 366 g/mol. The number of aryl methyl sites for hydroxylation is 2. The molecule has 4 aromatic rings. The number of hydrogen-bond donors (Lipinski definition) is 2. The fourth-order valence-electron chi connectivity index (χ4n) is 5.09. The van der Waals surface area contributed by atoms with E-state index >= 15 is 0 Å². The molecule has 3 heterocycles. The zero-order valence-electron chi connectivity index (χ0n) is 17.9. The van der Waals surface area contributed by atoms with Crippen LogP contribution in [0, 0.1) is 0 Å². The van der Waals surface area contributed by atoms with E-state index in [9.17, 15) is 0 Å². The van der Waals surface area contributed by atoms with Crippen LogP contribution in [0.3, 0.4) is 0 Å². The Morgan fingerprint density at radius 2 is 1.50 bits per heavy atom. The molecule has 0 atom stereocenters. The van der Waals surface area contributed by atoms with Crippen LogP contribution < -0.4 is 0 Å². The van der Waals surface area contributed by atoms with Gasteiger partial charge in [-0.2, -0.15) is 0 Å². The number of nitrogens with zero attached hydrogens (tertiary/aromatic N) is 1. The Balaban J connectivity index is 1.22. The van der Waals surface area contributed by atoms with Crippen molar-refractivity contribution < 1.29 is 0 Å². The highest BCUT2D eigenvalue weighted by Crippen LogP contribution is 2.25. The van der Waals surface area contributed by atoms with Crippen LogP contribution in [0.2, 0.25) is 0 Å². The number of H-pyrrole nitrogens is 2. The largest absolute Gasteiger partial charge is 0.358 e. The fourth-order valence-corrected chi connectivity index (χ4v) is 5.09. The van der Waals surface area contributed by atoms with Gasteiger partial charge in [0.1, 0.15) is 0 Å². The second-order valence-electron chi connectivity index (χ2n) is 8.87. The van der Waals surface area contributed by atoms with Gasteiger partial charge >= 0.3 is 0 Å². The van der Waals surface area contributed by atoms with Crippen LogP contribution in [-0.2, 0) is 19.3 Å². The Bertz CT molecular complexity index is 1060. The number of nitrogens with one attached hydrogen (secondary N) is 2. The molecule has 0 amide bonds. The Morgan fingerprint density at radius 3 is 2.37 bits per heavy atom. The lowest BCUT2D eigenvalue weighted by Gasteiger charge is -2.26. The van der Waals surface area contributed by atoms with E-state index in [2.05, 4.69) is 69.5 Å². The summed E-state index contributed by atoms with van der Waals surface area (Å²) in [6.07, 6.45) is 10.0. The predicted molar refractivity (Wildman–Crippen MR) is 127 cm³/mol. The van der Waals surface area contributed by atoms with Gasteiger partial charge in [-0.3, -0.25) is 0 Å². The van der Waals surface area contributed by atoms with E-state index in [0.717, 1.165) is 12.8 Å². The van der Waals surface area contributed by atoms with Crippen LogP contribution in [0.4, 0.5) is 0 Å². The van der Waals surface area contributed by atoms with Crippen molar-refractivity contribution in [3.8, 4) is 0 Å². The lowest BCUT2D eigenvalue weighted by atomic mass is 10.0. The zero-order chi connectivity index (χ0) is 20.2. The molecule has 1 aliphatic rings. The third kappa shape index (κ3) is 4.32. The van der Waals surface area contributed by atoms with Crippen molar-refractivity contribution >= 4 is 21.8 Å². The number of likely N-dealkylation sites (tertiary alicyclic amines) is 1. The summed E-state index contributed by atoms with van der Waals surface area (Å²) < 4.78 is 0. The first kappa shape index (κ1) is 19.4. The molecule has 2 N–H and O–H groups in total. The molecule has 2 aromatic heterocycles. The van der Waals surface area contributed by atoms with E-state index in [1.807, 2.05) is 0 Å². The quantitative estimate of drug-likeness (QED) is 0.338. The van der Waals surface area contributed by atoms with Crippen molar-refractivity contribution in [1.29, 1.82) is 0 Å². The predicted octanol–water partition coefficient (Wildman–Crippen LogP) is 6.24. The first-order chi connectivity index (χ1) is 14.9. The van der Waals surface area contributed by atoms with Crippen molar-refractivity contribution in [3.05, 3.63) is 71.5 Å². The van der Waals surface area contributed by atoms with Crippen LogP contribution in [0.5, 0.6) is 0 Å². The van der Waals surface area contributed by atoms with Crippen molar-refractivity contribution in [3.63, 3.8) is 0 Å². The molecule has 0 spiro atoms. The first-order valence-corrected chi connectivity index (χ1v) is 11.7. The minimum absolute atomic E-state index is 1.12. The number of aromatic nitrogens is 2. The molecule has 1 saturated heterocycles. The maximum atomic E-state index is 3.75. The van der Waals surface area contributed by atoms with E-state index in [4.69, 9.17) is 0 Å². The Morgan fingerprint density at radius 1 is 0.733 bits per heavy atom. The minimum atomic E-state index is 1.12. The number of rotatable bonds is 8. The normalized spacial score (nSPS) is 15.3. The van der Waals surface area contributed by atoms with Crippen molar-refractivity contribution in [2.24, 2.45) is 0 Å². The molecular formula is C27H33N3. The second-order valence-corrected chi connectivity index (χ2v) is 8.87. The van der Waals surface area contributed by atoms with Crippen molar-refractivity contribution in [2.45, 2.75) is 51.4 Å². The van der Waals surface area contributed by atoms with Gasteiger partial charge in [0.05, 0.1) is 0 Å². The van der Waals surface area contributed by atoms with Gasteiger partial charge in [-0.25, -0.2) is 0 Å². The first-order valence-electron chi connectivity index (χ1n) is 11.7. The molecule has 1 aliphatic heterocycles. The lowest BCUT2D eigenvalue weighted by molar-refractivity contribution is 0.231. The van der Waals surface area contributed by atoms with Gasteiger partial charge in [0, 0.05) is 34.4 Å². The molecule has 3 heteroatoms. The van der Waals surface area contributed by atoms with Crippen LogP contribution in [-0.4, -0.2) is 34.5 Å². The summed E-state index contributed by atoms with van der Waals surface area (Å²) in [5, 5.41) is 2.75. The van der Waals surface area contributed by atoms with E-state index in [0.29, 0.717) is 0 Å². The fraction of sp³-hybridized carbons (Fsp3) is 0.407. The second kappa shape index (κ2) is 9.09. The third-order valence-corrected chi connectivity index (χ3v) is 6.74. The van der Waals surface area contributed by atoms with Crippen LogP contribution in [0.25, 0.3) is 21.8 Å². The van der Waals surface area contributed by atoms with Crippen LogP contribution in [0.1, 0.15) is 49.1 Å². The van der Waals surface area contributed by atoms with Gasteiger partial charge in [0.15, 0.2) is 0 Å². The zero-order valence-corrected chi connectivity index (χ0v) is 17.9. The molecule has 1 fully saturated rings. The monoisotopic (exact) mass is 399 g/mol. The van der Waals surface area contributed by atoms with Gasteiger partial charge in [0.2, 0.25) is 0 Å². The number of aromatic amines is 2. The van der Waals surface area contributed by atoms with Gasteiger partial charge in [0.25, 0.3) is 0 Å². The van der Waals surface area contributed by atoms with Crippen LogP contribution in [0.15, 0.2) is 54.6 Å². The van der Waals surface area contributed by atoms with Gasteiger partial charge in [-0.05, 0) is 87.2 Å². The molecule has 156 valence electrons. The van der Waals surface area contributed by atoms with Gasteiger partial charge < -0.3 is 14.9 Å². The average Bonchev–Trinajstić information content (AvgIpc) is 3.36. The highest BCUT2D eigenvalue weighted by atomic mass is 15.1. The molecule has 0 bridgehead atoms. The van der Waals surface area contributed by atoms with Crippen molar-refractivity contribution in [2.75, 3.05) is 19.6 Å².